The molecule has 0 aliphatic heterocycles. The molecule has 0 aromatic rings. The summed E-state index contributed by atoms with van der Waals surface area (Å²) in [4.78, 5) is 0. The fraction of sp³-hybridized carbons (Fsp3) is 0.375. The molecule has 0 bridgehead atoms. The second-order valence-electron chi connectivity index (χ2n) is 2.29. The Hall–Kier alpha value is -0.920. The van der Waals surface area contributed by atoms with E-state index in [9.17, 15) is 0 Å². The van der Waals surface area contributed by atoms with Crippen molar-refractivity contribution < 1.29 is 4.74 Å². The maximum atomic E-state index is 5.65. The van der Waals surface area contributed by atoms with Crippen LogP contribution < -0.4 is 5.73 Å². The first-order chi connectivity index (χ1) is 4.75. The summed E-state index contributed by atoms with van der Waals surface area (Å²) in [7, 11) is 1.66. The smallest absolute Gasteiger partial charge is 0.119 e. The summed E-state index contributed by atoms with van der Waals surface area (Å²) >= 11 is 0. The highest BCUT2D eigenvalue weighted by atomic mass is 16.5. The molecule has 1 rings (SSSR count). The van der Waals surface area contributed by atoms with Crippen molar-refractivity contribution in [3.05, 3.63) is 29.5 Å². The van der Waals surface area contributed by atoms with E-state index in [0.717, 1.165) is 23.5 Å². The van der Waals surface area contributed by atoms with Crippen LogP contribution in [0.1, 0.15) is 13.3 Å². The lowest BCUT2D eigenvalue weighted by atomic mass is 10.0. The second-order valence-corrected chi connectivity index (χ2v) is 2.29. The highest BCUT2D eigenvalue weighted by molar-refractivity contribution is 5.36. The van der Waals surface area contributed by atoms with Crippen LogP contribution in [-0.4, -0.2) is 7.11 Å². The van der Waals surface area contributed by atoms with Gasteiger partial charge < -0.3 is 10.5 Å². The molecule has 0 fully saturated rings. The Kier molecular flexibility index (Phi) is 2.00. The Balaban J connectivity index is 2.83. The second kappa shape index (κ2) is 2.78. The quantitative estimate of drug-likeness (QED) is 0.593. The molecule has 0 aromatic heterocycles. The van der Waals surface area contributed by atoms with Crippen LogP contribution >= 0.6 is 0 Å². The van der Waals surface area contributed by atoms with Crippen LogP contribution in [0.15, 0.2) is 23.1 Å². The molecule has 1 aliphatic carbocycles. The van der Waals surface area contributed by atoms with Crippen LogP contribution in [0.3, 0.4) is 0 Å². The van der Waals surface area contributed by atoms with Gasteiger partial charge in [-0.25, -0.2) is 0 Å². The highest BCUT2D eigenvalue weighted by Gasteiger charge is 2.08. The normalized spacial score (nSPS) is 18.8. The number of nitrogens with two attached hydrogens (primary N) is 1. The van der Waals surface area contributed by atoms with Gasteiger partial charge in [-0.3, -0.25) is 0 Å². The van der Waals surface area contributed by atoms with E-state index in [1.165, 1.54) is 0 Å². The van der Waals surface area contributed by atoms with Gasteiger partial charge in [-0.2, -0.15) is 0 Å². The Morgan fingerprint density at radius 2 is 2.30 bits per heavy atom. The predicted octanol–water partition coefficient (Wildman–Crippen LogP) is 1.36. The SMILES string of the molecule is COC1=CC[CH]C(N)=C1C. The lowest BCUT2D eigenvalue weighted by Crippen LogP contribution is -2.07. The fourth-order valence-corrected chi connectivity index (χ4v) is 0.978. The monoisotopic (exact) mass is 138 g/mol. The van der Waals surface area contributed by atoms with Crippen LogP contribution in [0, 0.1) is 6.42 Å². The van der Waals surface area contributed by atoms with Crippen molar-refractivity contribution in [1.82, 2.24) is 0 Å². The van der Waals surface area contributed by atoms with Crippen molar-refractivity contribution in [2.75, 3.05) is 7.11 Å². The molecule has 0 saturated heterocycles. The summed E-state index contributed by atoms with van der Waals surface area (Å²) in [5.74, 6) is 0.903. The fourth-order valence-electron chi connectivity index (χ4n) is 0.978. The van der Waals surface area contributed by atoms with Crippen LogP contribution in [-0.2, 0) is 4.74 Å². The number of methoxy groups -OCH3 is 1. The van der Waals surface area contributed by atoms with Gasteiger partial charge in [-0.05, 0) is 19.4 Å². The maximum absolute atomic E-state index is 5.65. The van der Waals surface area contributed by atoms with E-state index in [4.69, 9.17) is 10.5 Å². The molecule has 0 amide bonds. The van der Waals surface area contributed by atoms with E-state index in [2.05, 4.69) is 0 Å². The first-order valence-corrected chi connectivity index (χ1v) is 3.29. The Bertz CT molecular complexity index is 191. The number of ether oxygens (including phenoxy) is 1. The first-order valence-electron chi connectivity index (χ1n) is 3.29. The minimum Gasteiger partial charge on any atom is -0.497 e. The van der Waals surface area contributed by atoms with Crippen molar-refractivity contribution in [1.29, 1.82) is 0 Å². The molecule has 0 unspecified atom stereocenters. The van der Waals surface area contributed by atoms with Gasteiger partial charge in [0.1, 0.15) is 5.76 Å². The molecule has 0 aromatic carbocycles. The van der Waals surface area contributed by atoms with Gasteiger partial charge in [0.15, 0.2) is 0 Å². The average molecular weight is 138 g/mol. The summed E-state index contributed by atoms with van der Waals surface area (Å²) in [6.45, 7) is 1.96. The van der Waals surface area contributed by atoms with Gasteiger partial charge in [-0.1, -0.05) is 0 Å². The molecule has 0 heterocycles. The van der Waals surface area contributed by atoms with E-state index in [0.29, 0.717) is 0 Å². The van der Waals surface area contributed by atoms with Gasteiger partial charge >= 0.3 is 0 Å². The molecule has 1 aliphatic rings. The standard InChI is InChI=1S/C8H12NO/c1-6-7(9)4-3-5-8(6)10-2/h4-5H,3,9H2,1-2H3. The van der Waals surface area contributed by atoms with Crippen LogP contribution in [0.25, 0.3) is 0 Å². The third kappa shape index (κ3) is 1.15. The van der Waals surface area contributed by atoms with Crippen LogP contribution in [0.4, 0.5) is 0 Å². The molecule has 10 heavy (non-hydrogen) atoms. The van der Waals surface area contributed by atoms with E-state index < -0.39 is 0 Å². The third-order valence-corrected chi connectivity index (χ3v) is 1.66. The first kappa shape index (κ1) is 7.19. The minimum atomic E-state index is 0.833. The molecule has 0 saturated carbocycles. The van der Waals surface area contributed by atoms with Crippen molar-refractivity contribution in [3.8, 4) is 0 Å². The highest BCUT2D eigenvalue weighted by Crippen LogP contribution is 2.20. The zero-order valence-corrected chi connectivity index (χ0v) is 6.35. The van der Waals surface area contributed by atoms with Crippen molar-refractivity contribution in [2.45, 2.75) is 13.3 Å². The lowest BCUT2D eigenvalue weighted by molar-refractivity contribution is 0.297. The summed E-state index contributed by atoms with van der Waals surface area (Å²) in [5, 5.41) is 0. The molecular formula is C8H12NO. The van der Waals surface area contributed by atoms with E-state index in [1.807, 2.05) is 19.4 Å². The van der Waals surface area contributed by atoms with Gasteiger partial charge in [0.05, 0.1) is 7.11 Å². The van der Waals surface area contributed by atoms with Crippen LogP contribution in [0.2, 0.25) is 0 Å². The van der Waals surface area contributed by atoms with Crippen molar-refractivity contribution >= 4 is 0 Å². The Morgan fingerprint density at radius 3 is 2.80 bits per heavy atom. The number of hydrogen-bond donors (Lipinski definition) is 1. The van der Waals surface area contributed by atoms with Gasteiger partial charge in [0, 0.05) is 17.7 Å². The van der Waals surface area contributed by atoms with E-state index in [-0.39, 0.29) is 0 Å². The van der Waals surface area contributed by atoms with E-state index >= 15 is 0 Å². The lowest BCUT2D eigenvalue weighted by Gasteiger charge is -2.14. The molecule has 55 valence electrons. The molecule has 0 spiro atoms. The summed E-state index contributed by atoms with van der Waals surface area (Å²) < 4.78 is 5.08. The van der Waals surface area contributed by atoms with Crippen molar-refractivity contribution in [2.24, 2.45) is 5.73 Å². The predicted molar refractivity (Wildman–Crippen MR) is 40.9 cm³/mol. The number of hydrogen-bond acceptors (Lipinski definition) is 2. The van der Waals surface area contributed by atoms with E-state index in [1.54, 1.807) is 7.11 Å². The van der Waals surface area contributed by atoms with Gasteiger partial charge in [-0.15, -0.1) is 0 Å². The molecule has 1 radical (unpaired) electrons. The zero-order valence-electron chi connectivity index (χ0n) is 6.35. The number of allylic oxidation sites excluding steroid dienone is 3. The number of rotatable bonds is 1. The summed E-state index contributed by atoms with van der Waals surface area (Å²) in [6.07, 6.45) is 4.88. The maximum Gasteiger partial charge on any atom is 0.119 e. The van der Waals surface area contributed by atoms with Gasteiger partial charge in [0.25, 0.3) is 0 Å². The van der Waals surface area contributed by atoms with Crippen LogP contribution in [0.5, 0.6) is 0 Å². The largest absolute Gasteiger partial charge is 0.497 e. The summed E-state index contributed by atoms with van der Waals surface area (Å²) in [5.41, 5.74) is 7.52. The van der Waals surface area contributed by atoms with Gasteiger partial charge in [0.2, 0.25) is 0 Å². The molecular weight excluding hydrogens is 126 g/mol. The zero-order chi connectivity index (χ0) is 7.56. The minimum absolute atomic E-state index is 0.833. The topological polar surface area (TPSA) is 35.2 Å². The molecule has 2 N–H and O–H groups in total. The van der Waals surface area contributed by atoms with Crippen molar-refractivity contribution in [3.63, 3.8) is 0 Å². The molecule has 0 atom stereocenters. The third-order valence-electron chi connectivity index (χ3n) is 1.66. The average Bonchev–Trinajstić information content (AvgIpc) is 1.95. The Morgan fingerprint density at radius 1 is 1.60 bits per heavy atom. The molecule has 2 nitrogen and oxygen atoms in total. The Labute approximate surface area is 61.4 Å². The summed E-state index contributed by atoms with van der Waals surface area (Å²) in [6, 6.07) is 0. The molecule has 2 heteroatoms.